The molecule has 0 amide bonds. The molecular weight excluding hydrogens is 400 g/mol. The molecule has 1 unspecified atom stereocenters. The number of halogens is 2. The largest absolute Gasteiger partial charge is 0.368 e. The van der Waals surface area contributed by atoms with Gasteiger partial charge in [-0.2, -0.15) is 4.72 Å². The predicted octanol–water partition coefficient (Wildman–Crippen LogP) is 1.72. The van der Waals surface area contributed by atoms with Crippen LogP contribution in [0.5, 0.6) is 0 Å². The molecular formula is C16H17F2N3O4S2. The number of alkyl halides is 2. The van der Waals surface area contributed by atoms with E-state index in [1.165, 1.54) is 0 Å². The number of nitrogens with one attached hydrogen (secondary N) is 2. The van der Waals surface area contributed by atoms with Crippen LogP contribution in [0.2, 0.25) is 0 Å². The number of sulfonamides is 2. The summed E-state index contributed by atoms with van der Waals surface area (Å²) in [4.78, 5) is -1.38. The van der Waals surface area contributed by atoms with Crippen molar-refractivity contribution in [1.29, 1.82) is 0 Å². The van der Waals surface area contributed by atoms with Crippen LogP contribution < -0.4 is 15.2 Å². The molecule has 4 N–H and O–H groups in total. The molecule has 7 nitrogen and oxygen atoms in total. The SMILES string of the molecule is CC(F)(F)c1cc2c(cc1S(N)(=O)=O)S(=O)(=O)NC(Cc1ccccc1)N2. The zero-order valence-corrected chi connectivity index (χ0v) is 15.7. The number of primary sulfonamides is 1. The number of hydrogen-bond acceptors (Lipinski definition) is 5. The van der Waals surface area contributed by atoms with E-state index < -0.39 is 47.5 Å². The van der Waals surface area contributed by atoms with Crippen LogP contribution in [-0.2, 0) is 32.4 Å². The van der Waals surface area contributed by atoms with Crippen molar-refractivity contribution in [2.75, 3.05) is 5.32 Å². The Morgan fingerprint density at radius 1 is 1.19 bits per heavy atom. The second kappa shape index (κ2) is 6.51. The second-order valence-electron chi connectivity index (χ2n) is 6.29. The first-order valence-electron chi connectivity index (χ1n) is 7.80. The monoisotopic (exact) mass is 417 g/mol. The Kier molecular flexibility index (Phi) is 4.75. The van der Waals surface area contributed by atoms with Crippen LogP contribution in [0.4, 0.5) is 14.5 Å². The van der Waals surface area contributed by atoms with Gasteiger partial charge in [-0.1, -0.05) is 30.3 Å². The topological polar surface area (TPSA) is 118 Å². The van der Waals surface area contributed by atoms with Crippen molar-refractivity contribution in [3.05, 3.63) is 53.6 Å². The summed E-state index contributed by atoms with van der Waals surface area (Å²) in [7, 11) is -8.70. The smallest absolute Gasteiger partial charge is 0.271 e. The van der Waals surface area contributed by atoms with Crippen molar-refractivity contribution in [2.24, 2.45) is 5.14 Å². The number of hydrogen-bond donors (Lipinski definition) is 3. The Morgan fingerprint density at radius 3 is 2.37 bits per heavy atom. The summed E-state index contributed by atoms with van der Waals surface area (Å²) in [6, 6.07) is 10.4. The summed E-state index contributed by atoms with van der Waals surface area (Å²) in [5.74, 6) is -3.54. The second-order valence-corrected chi connectivity index (χ2v) is 9.50. The van der Waals surface area contributed by atoms with Gasteiger partial charge in [-0.3, -0.25) is 0 Å². The molecule has 0 bridgehead atoms. The van der Waals surface area contributed by atoms with Crippen LogP contribution in [0.3, 0.4) is 0 Å². The Morgan fingerprint density at radius 2 is 1.81 bits per heavy atom. The van der Waals surface area contributed by atoms with Gasteiger partial charge in [0.15, 0.2) is 0 Å². The molecule has 1 heterocycles. The molecule has 0 radical (unpaired) electrons. The number of anilines is 1. The van der Waals surface area contributed by atoms with Crippen molar-refractivity contribution < 1.29 is 25.6 Å². The van der Waals surface area contributed by atoms with Crippen LogP contribution >= 0.6 is 0 Å². The lowest BCUT2D eigenvalue weighted by molar-refractivity contribution is 0.0144. The molecule has 0 spiro atoms. The zero-order chi connectivity index (χ0) is 20.0. The van der Waals surface area contributed by atoms with Crippen molar-refractivity contribution >= 4 is 25.7 Å². The van der Waals surface area contributed by atoms with Gasteiger partial charge in [0.1, 0.15) is 4.90 Å². The Balaban J connectivity index is 2.11. The average molecular weight is 417 g/mol. The predicted molar refractivity (Wildman–Crippen MR) is 95.3 cm³/mol. The number of fused-ring (bicyclic) bond motifs is 1. The minimum absolute atomic E-state index is 0.112. The molecule has 0 aliphatic carbocycles. The Bertz CT molecular complexity index is 1080. The normalized spacial score (nSPS) is 19.2. The highest BCUT2D eigenvalue weighted by Crippen LogP contribution is 2.38. The van der Waals surface area contributed by atoms with Crippen LogP contribution in [-0.4, -0.2) is 23.0 Å². The van der Waals surface area contributed by atoms with Crippen LogP contribution in [0.15, 0.2) is 52.3 Å². The van der Waals surface area contributed by atoms with E-state index in [9.17, 15) is 25.6 Å². The van der Waals surface area contributed by atoms with Gasteiger partial charge >= 0.3 is 0 Å². The molecule has 27 heavy (non-hydrogen) atoms. The minimum Gasteiger partial charge on any atom is -0.368 e. The van der Waals surface area contributed by atoms with Gasteiger partial charge in [0, 0.05) is 18.9 Å². The number of nitrogens with two attached hydrogens (primary N) is 1. The summed E-state index contributed by atoms with van der Waals surface area (Å²) in [5.41, 5.74) is -0.159. The maximum atomic E-state index is 13.9. The number of benzene rings is 2. The van der Waals surface area contributed by atoms with E-state index in [0.29, 0.717) is 13.0 Å². The van der Waals surface area contributed by atoms with Gasteiger partial charge in [0.25, 0.3) is 5.92 Å². The molecule has 1 aliphatic heterocycles. The van der Waals surface area contributed by atoms with E-state index >= 15 is 0 Å². The van der Waals surface area contributed by atoms with Gasteiger partial charge in [-0.05, 0) is 17.7 Å². The van der Waals surface area contributed by atoms with E-state index in [2.05, 4.69) is 10.0 Å². The highest BCUT2D eigenvalue weighted by molar-refractivity contribution is 7.90. The Labute approximate surface area is 155 Å². The highest BCUT2D eigenvalue weighted by Gasteiger charge is 2.37. The third-order valence-corrected chi connectivity index (χ3v) is 6.52. The first-order chi connectivity index (χ1) is 12.4. The quantitative estimate of drug-likeness (QED) is 0.700. The molecule has 1 atom stereocenters. The van der Waals surface area contributed by atoms with E-state index in [4.69, 9.17) is 5.14 Å². The standard InChI is InChI=1S/C16H17F2N3O4S2/c1-16(17,18)11-8-12-14(9-13(11)26(19,22)23)27(24,25)21-15(20-12)7-10-5-3-2-4-6-10/h2-6,8-9,15,20-21H,7H2,1H3,(H2,19,22,23). The van der Waals surface area contributed by atoms with E-state index in [0.717, 1.165) is 11.6 Å². The van der Waals surface area contributed by atoms with Crippen LogP contribution in [0.1, 0.15) is 18.1 Å². The van der Waals surface area contributed by atoms with Crippen LogP contribution in [0, 0.1) is 0 Å². The van der Waals surface area contributed by atoms with Crippen molar-refractivity contribution in [2.45, 2.75) is 35.2 Å². The van der Waals surface area contributed by atoms with Gasteiger partial charge in [-0.25, -0.2) is 30.8 Å². The van der Waals surface area contributed by atoms with Gasteiger partial charge in [0.05, 0.1) is 16.7 Å². The molecule has 2 aromatic carbocycles. The van der Waals surface area contributed by atoms with Gasteiger partial charge in [-0.15, -0.1) is 0 Å². The summed E-state index contributed by atoms with van der Waals surface area (Å²) < 4.78 is 78.8. The maximum absolute atomic E-state index is 13.9. The maximum Gasteiger partial charge on any atom is 0.271 e. The van der Waals surface area contributed by atoms with E-state index in [1.54, 1.807) is 24.3 Å². The fourth-order valence-electron chi connectivity index (χ4n) is 2.89. The Hall–Kier alpha value is -2.08. The number of rotatable bonds is 4. The molecule has 0 fully saturated rings. The summed E-state index contributed by atoms with van der Waals surface area (Å²) in [6.07, 6.45) is -0.530. The third kappa shape index (κ3) is 4.10. The zero-order valence-electron chi connectivity index (χ0n) is 14.1. The van der Waals surface area contributed by atoms with Gasteiger partial charge in [0.2, 0.25) is 20.0 Å². The van der Waals surface area contributed by atoms with Crippen molar-refractivity contribution in [1.82, 2.24) is 4.72 Å². The van der Waals surface area contributed by atoms with E-state index in [1.807, 2.05) is 6.07 Å². The molecule has 3 rings (SSSR count). The fourth-order valence-corrected chi connectivity index (χ4v) is 5.11. The molecule has 146 valence electrons. The van der Waals surface area contributed by atoms with Crippen LogP contribution in [0.25, 0.3) is 0 Å². The molecule has 1 aliphatic rings. The summed E-state index contributed by atoms with van der Waals surface area (Å²) >= 11 is 0. The van der Waals surface area contributed by atoms with E-state index in [-0.39, 0.29) is 12.1 Å². The molecule has 0 saturated heterocycles. The van der Waals surface area contributed by atoms with Gasteiger partial charge < -0.3 is 5.32 Å². The molecule has 11 heteroatoms. The van der Waals surface area contributed by atoms with Crippen molar-refractivity contribution in [3.63, 3.8) is 0 Å². The lowest BCUT2D eigenvalue weighted by Gasteiger charge is -2.29. The third-order valence-electron chi connectivity index (χ3n) is 4.06. The fraction of sp³-hybridized carbons (Fsp3) is 0.250. The first-order valence-corrected chi connectivity index (χ1v) is 10.8. The van der Waals surface area contributed by atoms with Crippen molar-refractivity contribution in [3.8, 4) is 0 Å². The molecule has 0 saturated carbocycles. The summed E-state index contributed by atoms with van der Waals surface area (Å²) in [6.45, 7) is 0.514. The lowest BCUT2D eigenvalue weighted by Crippen LogP contribution is -2.46. The lowest BCUT2D eigenvalue weighted by atomic mass is 10.1. The molecule has 0 aromatic heterocycles. The first kappa shape index (κ1) is 19.7. The summed E-state index contributed by atoms with van der Waals surface area (Å²) in [5, 5.41) is 7.84. The average Bonchev–Trinajstić information content (AvgIpc) is 2.52. The minimum atomic E-state index is -4.56. The highest BCUT2D eigenvalue weighted by atomic mass is 32.2. The molecule has 2 aromatic rings.